The average molecular weight is 845 g/mol. The van der Waals surface area contributed by atoms with Crippen molar-refractivity contribution in [1.82, 2.24) is 0 Å². The lowest BCUT2D eigenvalue weighted by molar-refractivity contribution is 0.669. The molecule has 0 spiro atoms. The Morgan fingerprint density at radius 1 is 0.258 bits per heavy atom. The van der Waals surface area contributed by atoms with E-state index in [1.54, 1.807) is 0 Å². The molecule has 13 rings (SSSR count). The summed E-state index contributed by atoms with van der Waals surface area (Å²) in [5, 5.41) is 9.05. The fourth-order valence-electron chi connectivity index (χ4n) is 10.0. The van der Waals surface area contributed by atoms with Crippen LogP contribution in [0.4, 0.5) is 34.1 Å². The van der Waals surface area contributed by atoms with Crippen LogP contribution < -0.4 is 9.80 Å². The van der Waals surface area contributed by atoms with Gasteiger partial charge in [0.2, 0.25) is 0 Å². The van der Waals surface area contributed by atoms with Crippen LogP contribution in [0.2, 0.25) is 0 Å². The van der Waals surface area contributed by atoms with Crippen molar-refractivity contribution in [3.63, 3.8) is 0 Å². The first kappa shape index (κ1) is 37.7. The van der Waals surface area contributed by atoms with E-state index >= 15 is 0 Å². The predicted molar refractivity (Wildman–Crippen MR) is 276 cm³/mol. The maximum atomic E-state index is 7.03. The molecule has 0 amide bonds. The number of nitrogens with zero attached hydrogens (tertiary/aromatic N) is 2. The van der Waals surface area contributed by atoms with Crippen molar-refractivity contribution in [2.75, 3.05) is 9.80 Å². The van der Waals surface area contributed by atoms with Crippen molar-refractivity contribution in [3.8, 4) is 22.3 Å². The summed E-state index contributed by atoms with van der Waals surface area (Å²) in [5.41, 5.74) is 14.4. The Kier molecular flexibility index (Phi) is 8.81. The second-order valence-electron chi connectivity index (χ2n) is 16.8. The van der Waals surface area contributed by atoms with Gasteiger partial charge in [0.1, 0.15) is 16.7 Å². The number of fused-ring (bicyclic) bond motifs is 11. The van der Waals surface area contributed by atoms with Gasteiger partial charge in [0.15, 0.2) is 5.58 Å². The molecule has 0 aliphatic heterocycles. The Bertz CT molecular complexity index is 3930. The highest BCUT2D eigenvalue weighted by atomic mass is 16.3. The number of benzene rings is 11. The second-order valence-corrected chi connectivity index (χ2v) is 16.8. The van der Waals surface area contributed by atoms with Crippen LogP contribution in [0, 0.1) is 0 Å². The van der Waals surface area contributed by atoms with Crippen molar-refractivity contribution in [1.29, 1.82) is 0 Å². The minimum Gasteiger partial charge on any atom is -0.455 e. The van der Waals surface area contributed by atoms with Crippen LogP contribution >= 0.6 is 0 Å². The first-order valence-electron chi connectivity index (χ1n) is 22.4. The van der Waals surface area contributed by atoms with Gasteiger partial charge >= 0.3 is 0 Å². The molecule has 66 heavy (non-hydrogen) atoms. The van der Waals surface area contributed by atoms with Gasteiger partial charge in [-0.2, -0.15) is 0 Å². The van der Waals surface area contributed by atoms with E-state index in [0.717, 1.165) is 111 Å². The molecule has 0 N–H and O–H groups in total. The molecule has 0 aliphatic carbocycles. The Hall–Kier alpha value is -8.86. The number of furan rings is 2. The number of para-hydroxylation sites is 5. The molecule has 11 aromatic carbocycles. The fourth-order valence-corrected chi connectivity index (χ4v) is 10.0. The number of rotatable bonds is 8. The smallest absolute Gasteiger partial charge is 0.159 e. The minimum atomic E-state index is 0.847. The van der Waals surface area contributed by atoms with E-state index in [1.807, 2.05) is 12.1 Å². The van der Waals surface area contributed by atoms with Crippen LogP contribution in [0.25, 0.3) is 87.7 Å². The summed E-state index contributed by atoms with van der Waals surface area (Å²) in [6.45, 7) is 0. The number of anilines is 6. The lowest BCUT2D eigenvalue weighted by Gasteiger charge is -2.27. The molecule has 0 aliphatic rings. The van der Waals surface area contributed by atoms with E-state index in [1.165, 1.54) is 10.8 Å². The van der Waals surface area contributed by atoms with Crippen LogP contribution in [-0.4, -0.2) is 0 Å². The summed E-state index contributed by atoms with van der Waals surface area (Å²) in [7, 11) is 0. The lowest BCUT2D eigenvalue weighted by Crippen LogP contribution is -2.11. The molecule has 0 saturated heterocycles. The summed E-state index contributed by atoms with van der Waals surface area (Å²) < 4.78 is 13.6. The van der Waals surface area contributed by atoms with Gasteiger partial charge in [0.25, 0.3) is 0 Å². The molecule has 2 heterocycles. The molecule has 4 nitrogen and oxygen atoms in total. The van der Waals surface area contributed by atoms with E-state index in [4.69, 9.17) is 8.83 Å². The summed E-state index contributed by atoms with van der Waals surface area (Å²) in [5.74, 6) is 0. The van der Waals surface area contributed by atoms with E-state index in [0.29, 0.717) is 0 Å². The Morgan fingerprint density at radius 3 is 1.56 bits per heavy atom. The van der Waals surface area contributed by atoms with Crippen molar-refractivity contribution in [2.45, 2.75) is 0 Å². The molecular weight excluding hydrogens is 805 g/mol. The first-order chi connectivity index (χ1) is 32.7. The van der Waals surface area contributed by atoms with Crippen LogP contribution in [0.5, 0.6) is 0 Å². The quantitative estimate of drug-likeness (QED) is 0.143. The molecule has 4 heteroatoms. The Balaban J connectivity index is 0.926. The first-order valence-corrected chi connectivity index (χ1v) is 22.4. The van der Waals surface area contributed by atoms with E-state index in [-0.39, 0.29) is 0 Å². The predicted octanol–water partition coefficient (Wildman–Crippen LogP) is 18.1. The van der Waals surface area contributed by atoms with Crippen LogP contribution in [-0.2, 0) is 0 Å². The van der Waals surface area contributed by atoms with E-state index in [2.05, 4.69) is 240 Å². The van der Waals surface area contributed by atoms with Gasteiger partial charge in [-0.1, -0.05) is 158 Å². The highest BCUT2D eigenvalue weighted by Crippen LogP contribution is 2.47. The third-order valence-corrected chi connectivity index (χ3v) is 13.0. The molecular formula is C62H40N2O2. The third kappa shape index (κ3) is 6.15. The SMILES string of the molecule is c1ccc(-c2ccccc2N(c2ccccc2)c2ccc3c(c2)oc2c4ccc(-c5ccc(N(c6ccccc6)c6cccc7c6oc6ccccc67)cc5)cc4c4ccccc4c32)cc1. The zero-order chi connectivity index (χ0) is 43.6. The van der Waals surface area contributed by atoms with Crippen molar-refractivity contribution >= 4 is 99.5 Å². The monoisotopic (exact) mass is 844 g/mol. The maximum absolute atomic E-state index is 7.03. The molecule has 2 aromatic heterocycles. The van der Waals surface area contributed by atoms with E-state index < -0.39 is 0 Å². The summed E-state index contributed by atoms with van der Waals surface area (Å²) in [6, 6.07) is 86.1. The molecule has 0 unspecified atom stereocenters. The van der Waals surface area contributed by atoms with Crippen LogP contribution in [0.3, 0.4) is 0 Å². The van der Waals surface area contributed by atoms with Crippen molar-refractivity contribution < 1.29 is 8.83 Å². The Labute approximate surface area is 381 Å². The average Bonchev–Trinajstić information content (AvgIpc) is 3.97. The van der Waals surface area contributed by atoms with Gasteiger partial charge in [0.05, 0.1) is 11.4 Å². The topological polar surface area (TPSA) is 32.8 Å². The van der Waals surface area contributed by atoms with Gasteiger partial charge in [0, 0.05) is 61.3 Å². The second kappa shape index (κ2) is 15.4. The molecule has 0 fully saturated rings. The minimum absolute atomic E-state index is 0.847. The standard InChI is InChI=1S/C62H40N2O2/c1-4-17-42(18-5-1)48-23-12-14-28-56(48)64(45-21-8-3-9-22-45)47-36-38-54-59(40-47)66-62-53-37-33-43(39-55(53)49-24-10-11-26-51(49)60(54)62)41-31-34-46(35-32-41)63(44-19-6-2-7-20-44)57-29-16-27-52-50-25-13-15-30-58(50)65-61(52)57/h1-40H. The zero-order valence-electron chi connectivity index (χ0n) is 35.8. The Morgan fingerprint density at radius 2 is 0.788 bits per heavy atom. The van der Waals surface area contributed by atoms with Gasteiger partial charge in [-0.05, 0) is 112 Å². The largest absolute Gasteiger partial charge is 0.455 e. The molecule has 0 saturated carbocycles. The highest BCUT2D eigenvalue weighted by Gasteiger charge is 2.22. The molecule has 0 radical (unpaired) electrons. The molecule has 0 bridgehead atoms. The van der Waals surface area contributed by atoms with Gasteiger partial charge < -0.3 is 18.6 Å². The number of hydrogen-bond acceptors (Lipinski definition) is 4. The molecule has 310 valence electrons. The van der Waals surface area contributed by atoms with Gasteiger partial charge in [-0.3, -0.25) is 0 Å². The summed E-state index contributed by atoms with van der Waals surface area (Å²) in [6.07, 6.45) is 0. The summed E-state index contributed by atoms with van der Waals surface area (Å²) in [4.78, 5) is 4.62. The van der Waals surface area contributed by atoms with Crippen LogP contribution in [0.1, 0.15) is 0 Å². The van der Waals surface area contributed by atoms with Crippen LogP contribution in [0.15, 0.2) is 251 Å². The lowest BCUT2D eigenvalue weighted by atomic mass is 9.94. The number of hydrogen-bond donors (Lipinski definition) is 0. The summed E-state index contributed by atoms with van der Waals surface area (Å²) >= 11 is 0. The molecule has 0 atom stereocenters. The fraction of sp³-hybridized carbons (Fsp3) is 0. The maximum Gasteiger partial charge on any atom is 0.159 e. The normalized spacial score (nSPS) is 11.6. The van der Waals surface area contributed by atoms with Crippen molar-refractivity contribution in [3.05, 3.63) is 243 Å². The van der Waals surface area contributed by atoms with Gasteiger partial charge in [-0.25, -0.2) is 0 Å². The van der Waals surface area contributed by atoms with E-state index in [9.17, 15) is 0 Å². The zero-order valence-corrected chi connectivity index (χ0v) is 35.8. The van der Waals surface area contributed by atoms with Gasteiger partial charge in [-0.15, -0.1) is 0 Å². The third-order valence-electron chi connectivity index (χ3n) is 13.0. The highest BCUT2D eigenvalue weighted by molar-refractivity contribution is 6.30. The van der Waals surface area contributed by atoms with Crippen molar-refractivity contribution in [2.24, 2.45) is 0 Å². The molecule has 13 aromatic rings.